The quantitative estimate of drug-likeness (QED) is 0.847. The van der Waals surface area contributed by atoms with Gasteiger partial charge in [0.2, 0.25) is 0 Å². The standard InChI is InChI=1S/C11H20ClN3O3S/c1-11(2,19(4,16)17)10(13)9-8(12)7-14-15(9)5-6-18-3/h7,10H,5-6,13H2,1-4H3. The molecule has 1 rings (SSSR count). The van der Waals surface area contributed by atoms with Crippen molar-refractivity contribution >= 4 is 21.4 Å². The Morgan fingerprint density at radius 2 is 2.16 bits per heavy atom. The average Bonchev–Trinajstić information content (AvgIpc) is 2.65. The highest BCUT2D eigenvalue weighted by atomic mass is 35.5. The molecule has 0 aliphatic carbocycles. The molecule has 0 saturated heterocycles. The number of aromatic nitrogens is 2. The van der Waals surface area contributed by atoms with Gasteiger partial charge in [-0.05, 0) is 13.8 Å². The van der Waals surface area contributed by atoms with E-state index in [0.717, 1.165) is 6.26 Å². The van der Waals surface area contributed by atoms with Crippen LogP contribution in [0, 0.1) is 0 Å². The van der Waals surface area contributed by atoms with Crippen LogP contribution < -0.4 is 5.73 Å². The number of halogens is 1. The van der Waals surface area contributed by atoms with Crippen molar-refractivity contribution in [3.05, 3.63) is 16.9 Å². The van der Waals surface area contributed by atoms with Crippen molar-refractivity contribution < 1.29 is 13.2 Å². The van der Waals surface area contributed by atoms with Crippen LogP contribution in [0.25, 0.3) is 0 Å². The molecule has 0 bridgehead atoms. The van der Waals surface area contributed by atoms with Crippen molar-refractivity contribution in [1.29, 1.82) is 0 Å². The van der Waals surface area contributed by atoms with Crippen molar-refractivity contribution in [2.75, 3.05) is 20.0 Å². The van der Waals surface area contributed by atoms with Gasteiger partial charge in [-0.3, -0.25) is 4.68 Å². The van der Waals surface area contributed by atoms with Gasteiger partial charge in [0, 0.05) is 13.4 Å². The van der Waals surface area contributed by atoms with E-state index >= 15 is 0 Å². The number of sulfone groups is 1. The maximum Gasteiger partial charge on any atom is 0.154 e. The second-order valence-electron chi connectivity index (χ2n) is 4.95. The molecule has 1 heterocycles. The van der Waals surface area contributed by atoms with Gasteiger partial charge in [-0.25, -0.2) is 8.42 Å². The summed E-state index contributed by atoms with van der Waals surface area (Å²) in [7, 11) is -1.76. The zero-order valence-electron chi connectivity index (χ0n) is 11.6. The smallest absolute Gasteiger partial charge is 0.154 e. The molecule has 2 N–H and O–H groups in total. The van der Waals surface area contributed by atoms with Gasteiger partial charge in [-0.15, -0.1) is 0 Å². The molecule has 0 aliphatic rings. The van der Waals surface area contributed by atoms with Crippen LogP contribution in [0.15, 0.2) is 6.20 Å². The number of hydrogen-bond acceptors (Lipinski definition) is 5. The normalized spacial score (nSPS) is 14.6. The largest absolute Gasteiger partial charge is 0.383 e. The molecular weight excluding hydrogens is 290 g/mol. The summed E-state index contributed by atoms with van der Waals surface area (Å²) in [4.78, 5) is 0. The highest BCUT2D eigenvalue weighted by Gasteiger charge is 2.40. The number of methoxy groups -OCH3 is 1. The molecule has 0 fully saturated rings. The summed E-state index contributed by atoms with van der Waals surface area (Å²) in [5.74, 6) is 0. The summed E-state index contributed by atoms with van der Waals surface area (Å²) in [6, 6.07) is -0.769. The van der Waals surface area contributed by atoms with E-state index in [2.05, 4.69) is 5.10 Å². The van der Waals surface area contributed by atoms with E-state index in [0.29, 0.717) is 23.9 Å². The summed E-state index contributed by atoms with van der Waals surface area (Å²) >= 11 is 6.08. The number of nitrogens with two attached hydrogens (primary N) is 1. The Morgan fingerprint density at radius 3 is 2.63 bits per heavy atom. The summed E-state index contributed by atoms with van der Waals surface area (Å²) in [5.41, 5.74) is 6.62. The van der Waals surface area contributed by atoms with Crippen molar-refractivity contribution in [2.24, 2.45) is 5.73 Å². The second-order valence-corrected chi connectivity index (χ2v) is 7.95. The topological polar surface area (TPSA) is 87.2 Å². The summed E-state index contributed by atoms with van der Waals surface area (Å²) < 4.78 is 29.1. The molecule has 8 heteroatoms. The minimum atomic E-state index is -3.34. The minimum absolute atomic E-state index is 0.361. The molecule has 1 atom stereocenters. The minimum Gasteiger partial charge on any atom is -0.383 e. The highest BCUT2D eigenvalue weighted by molar-refractivity contribution is 7.92. The molecule has 6 nitrogen and oxygen atoms in total. The van der Waals surface area contributed by atoms with Crippen LogP contribution in [0.3, 0.4) is 0 Å². The fraction of sp³-hybridized carbons (Fsp3) is 0.727. The lowest BCUT2D eigenvalue weighted by atomic mass is 10.0. The molecule has 0 saturated carbocycles. The molecule has 1 unspecified atom stereocenters. The van der Waals surface area contributed by atoms with E-state index in [-0.39, 0.29) is 0 Å². The van der Waals surface area contributed by atoms with Gasteiger partial charge in [0.25, 0.3) is 0 Å². The Bertz CT molecular complexity index is 539. The van der Waals surface area contributed by atoms with Gasteiger partial charge in [-0.1, -0.05) is 11.6 Å². The van der Waals surface area contributed by atoms with Crippen LogP contribution in [-0.2, 0) is 21.1 Å². The van der Waals surface area contributed by atoms with E-state index < -0.39 is 20.6 Å². The van der Waals surface area contributed by atoms with E-state index in [1.54, 1.807) is 25.6 Å². The van der Waals surface area contributed by atoms with Crippen LogP contribution in [0.4, 0.5) is 0 Å². The maximum atomic E-state index is 11.8. The van der Waals surface area contributed by atoms with Gasteiger partial charge in [-0.2, -0.15) is 5.10 Å². The van der Waals surface area contributed by atoms with E-state index in [9.17, 15) is 8.42 Å². The van der Waals surface area contributed by atoms with E-state index in [4.69, 9.17) is 22.1 Å². The van der Waals surface area contributed by atoms with Crippen LogP contribution >= 0.6 is 11.6 Å². The maximum absolute atomic E-state index is 11.8. The van der Waals surface area contributed by atoms with Crippen LogP contribution in [-0.4, -0.2) is 42.9 Å². The summed E-state index contributed by atoms with van der Waals surface area (Å²) in [5, 5.41) is 4.46. The second kappa shape index (κ2) is 5.78. The van der Waals surface area contributed by atoms with E-state index in [1.165, 1.54) is 6.20 Å². The molecule has 0 aliphatic heterocycles. The molecule has 0 radical (unpaired) electrons. The highest BCUT2D eigenvalue weighted by Crippen LogP contribution is 2.33. The Kier molecular flexibility index (Phi) is 5.00. The Morgan fingerprint density at radius 1 is 1.58 bits per heavy atom. The first-order valence-electron chi connectivity index (χ1n) is 5.78. The predicted molar refractivity (Wildman–Crippen MR) is 75.0 cm³/mol. The van der Waals surface area contributed by atoms with Crippen LogP contribution in [0.1, 0.15) is 25.6 Å². The van der Waals surface area contributed by atoms with Crippen LogP contribution in [0.5, 0.6) is 0 Å². The fourth-order valence-electron chi connectivity index (χ4n) is 1.60. The van der Waals surface area contributed by atoms with Crippen molar-refractivity contribution in [2.45, 2.75) is 31.2 Å². The first-order valence-corrected chi connectivity index (χ1v) is 8.05. The number of nitrogens with zero attached hydrogens (tertiary/aromatic N) is 2. The first kappa shape index (κ1) is 16.4. The van der Waals surface area contributed by atoms with Gasteiger partial charge < -0.3 is 10.5 Å². The molecule has 19 heavy (non-hydrogen) atoms. The average molecular weight is 310 g/mol. The van der Waals surface area contributed by atoms with Gasteiger partial charge >= 0.3 is 0 Å². The Hall–Kier alpha value is -0.630. The monoisotopic (exact) mass is 309 g/mol. The number of ether oxygens (including phenoxy) is 1. The van der Waals surface area contributed by atoms with Crippen molar-refractivity contribution in [3.8, 4) is 0 Å². The lowest BCUT2D eigenvalue weighted by Gasteiger charge is -2.30. The lowest BCUT2D eigenvalue weighted by molar-refractivity contribution is 0.181. The SMILES string of the molecule is COCCn1ncc(Cl)c1C(N)C(C)(C)S(C)(=O)=O. The van der Waals surface area contributed by atoms with Gasteiger partial charge in [0.1, 0.15) is 0 Å². The molecule has 0 amide bonds. The van der Waals surface area contributed by atoms with Gasteiger partial charge in [0.05, 0.1) is 40.9 Å². The van der Waals surface area contributed by atoms with Crippen LogP contribution in [0.2, 0.25) is 5.02 Å². The molecule has 0 spiro atoms. The summed E-state index contributed by atoms with van der Waals surface area (Å²) in [6.45, 7) is 4.07. The third-order valence-electron chi connectivity index (χ3n) is 3.34. The fourth-order valence-corrected chi connectivity index (χ4v) is 2.43. The Labute approximate surface area is 118 Å². The lowest BCUT2D eigenvalue weighted by Crippen LogP contribution is -2.43. The van der Waals surface area contributed by atoms with Gasteiger partial charge in [0.15, 0.2) is 9.84 Å². The van der Waals surface area contributed by atoms with Crippen molar-refractivity contribution in [3.63, 3.8) is 0 Å². The van der Waals surface area contributed by atoms with E-state index in [1.807, 2.05) is 0 Å². The molecule has 1 aromatic rings. The first-order chi connectivity index (χ1) is 8.63. The van der Waals surface area contributed by atoms with Crippen molar-refractivity contribution in [1.82, 2.24) is 9.78 Å². The zero-order chi connectivity index (χ0) is 14.8. The molecule has 0 aromatic carbocycles. The zero-order valence-corrected chi connectivity index (χ0v) is 13.1. The summed E-state index contributed by atoms with van der Waals surface area (Å²) in [6.07, 6.45) is 2.63. The third-order valence-corrected chi connectivity index (χ3v) is 5.80. The number of hydrogen-bond donors (Lipinski definition) is 1. The Balaban J connectivity index is 3.19. The molecular formula is C11H20ClN3O3S. The number of rotatable bonds is 6. The predicted octanol–water partition coefficient (Wildman–Crippen LogP) is 1.01. The molecule has 110 valence electrons. The molecule has 1 aromatic heterocycles. The third kappa shape index (κ3) is 3.28.